The van der Waals surface area contributed by atoms with Crippen LogP contribution in [-0.4, -0.2) is 24.3 Å². The van der Waals surface area contributed by atoms with Gasteiger partial charge in [0.2, 0.25) is 0 Å². The first-order chi connectivity index (χ1) is 9.69. The van der Waals surface area contributed by atoms with Crippen molar-refractivity contribution in [3.05, 3.63) is 11.6 Å². The predicted octanol–water partition coefficient (Wildman–Crippen LogP) is 4.26. The van der Waals surface area contributed by atoms with Crippen LogP contribution in [0.5, 0.6) is 0 Å². The third-order valence-corrected chi connectivity index (χ3v) is 4.40. The van der Waals surface area contributed by atoms with Gasteiger partial charge in [-0.25, -0.2) is 0 Å². The summed E-state index contributed by atoms with van der Waals surface area (Å²) in [7, 11) is 0. The zero-order valence-corrected chi connectivity index (χ0v) is 14.2. The van der Waals surface area contributed by atoms with Crippen molar-refractivity contribution in [3.63, 3.8) is 0 Å². The Hall–Kier alpha value is -0.830. The van der Waals surface area contributed by atoms with Gasteiger partial charge in [-0.2, -0.15) is 0 Å². The Morgan fingerprint density at radius 3 is 2.67 bits per heavy atom. The summed E-state index contributed by atoms with van der Waals surface area (Å²) in [5.74, 6) is 0.0948. The fourth-order valence-corrected chi connectivity index (χ4v) is 2.94. The average Bonchev–Trinajstić information content (AvgIpc) is 3.18. The molecule has 2 aliphatic rings. The lowest BCUT2D eigenvalue weighted by Crippen LogP contribution is -2.37. The van der Waals surface area contributed by atoms with E-state index in [4.69, 9.17) is 9.47 Å². The van der Waals surface area contributed by atoms with E-state index in [0.29, 0.717) is 12.0 Å². The van der Waals surface area contributed by atoms with E-state index >= 15 is 0 Å². The number of ether oxygens (including phenoxy) is 2. The first kappa shape index (κ1) is 16.5. The highest BCUT2D eigenvalue weighted by atomic mass is 16.6. The lowest BCUT2D eigenvalue weighted by Gasteiger charge is -2.35. The maximum absolute atomic E-state index is 11.6. The van der Waals surface area contributed by atoms with Crippen LogP contribution in [0.2, 0.25) is 0 Å². The summed E-state index contributed by atoms with van der Waals surface area (Å²) >= 11 is 0. The molecule has 2 aliphatic carbocycles. The molecule has 0 radical (unpaired) electrons. The van der Waals surface area contributed by atoms with Crippen molar-refractivity contribution >= 4 is 5.97 Å². The predicted molar refractivity (Wildman–Crippen MR) is 84.0 cm³/mol. The Morgan fingerprint density at radius 1 is 1.43 bits per heavy atom. The topological polar surface area (TPSA) is 35.5 Å². The molecular formula is C18H30O3. The second-order valence-corrected chi connectivity index (χ2v) is 8.06. The van der Waals surface area contributed by atoms with E-state index in [1.165, 1.54) is 12.0 Å². The third-order valence-electron chi connectivity index (χ3n) is 4.40. The Balaban J connectivity index is 1.83. The summed E-state index contributed by atoms with van der Waals surface area (Å²) in [6, 6.07) is 0. The summed E-state index contributed by atoms with van der Waals surface area (Å²) < 4.78 is 11.6. The van der Waals surface area contributed by atoms with Crippen LogP contribution in [0.3, 0.4) is 0 Å². The summed E-state index contributed by atoms with van der Waals surface area (Å²) in [4.78, 5) is 11.6. The van der Waals surface area contributed by atoms with Gasteiger partial charge in [0.15, 0.2) is 0 Å². The second kappa shape index (κ2) is 6.12. The van der Waals surface area contributed by atoms with Gasteiger partial charge >= 0.3 is 5.97 Å². The molecule has 0 amide bonds. The van der Waals surface area contributed by atoms with Crippen molar-refractivity contribution in [3.8, 4) is 0 Å². The Labute approximate surface area is 129 Å². The Bertz CT molecular complexity index is 416. The highest BCUT2D eigenvalue weighted by Crippen LogP contribution is 2.37. The Kier molecular flexibility index (Phi) is 4.82. The number of esters is 1. The van der Waals surface area contributed by atoms with Gasteiger partial charge in [0.25, 0.3) is 0 Å². The van der Waals surface area contributed by atoms with Crippen LogP contribution >= 0.6 is 0 Å². The molecule has 0 aromatic rings. The quantitative estimate of drug-likeness (QED) is 0.542. The van der Waals surface area contributed by atoms with Gasteiger partial charge < -0.3 is 9.47 Å². The third kappa shape index (κ3) is 5.14. The molecular weight excluding hydrogens is 264 g/mol. The van der Waals surface area contributed by atoms with Crippen molar-refractivity contribution in [2.24, 2.45) is 11.3 Å². The molecule has 0 N–H and O–H groups in total. The van der Waals surface area contributed by atoms with Crippen molar-refractivity contribution in [2.75, 3.05) is 6.61 Å². The zero-order valence-electron chi connectivity index (χ0n) is 14.2. The maximum Gasteiger partial charge on any atom is 0.309 e. The van der Waals surface area contributed by atoms with Crippen LogP contribution in [0.1, 0.15) is 66.7 Å². The van der Waals surface area contributed by atoms with Crippen LogP contribution < -0.4 is 0 Å². The lowest BCUT2D eigenvalue weighted by atomic mass is 9.76. The second-order valence-electron chi connectivity index (χ2n) is 8.06. The van der Waals surface area contributed by atoms with E-state index in [9.17, 15) is 4.79 Å². The highest BCUT2D eigenvalue weighted by molar-refractivity contribution is 5.74. The Morgan fingerprint density at radius 2 is 2.10 bits per heavy atom. The molecule has 21 heavy (non-hydrogen) atoms. The van der Waals surface area contributed by atoms with Crippen LogP contribution in [0.4, 0.5) is 0 Å². The van der Waals surface area contributed by atoms with Gasteiger partial charge in [-0.05, 0) is 63.9 Å². The van der Waals surface area contributed by atoms with E-state index in [0.717, 1.165) is 25.7 Å². The monoisotopic (exact) mass is 294 g/mol. The van der Waals surface area contributed by atoms with Crippen molar-refractivity contribution in [1.29, 1.82) is 0 Å². The summed E-state index contributed by atoms with van der Waals surface area (Å²) in [5, 5.41) is 0. The standard InChI is InChI=1S/C18H30O3/c1-13(15-7-6-10-17(2,3)11-15)21-18(4,5)12-20-16(19)14-8-9-14/h7,13-14H,6,8-12H2,1-5H3. The number of hydrogen-bond acceptors (Lipinski definition) is 3. The average molecular weight is 294 g/mol. The van der Waals surface area contributed by atoms with E-state index in [1.54, 1.807) is 0 Å². The molecule has 1 atom stereocenters. The number of carbonyl (C=O) groups excluding carboxylic acids is 1. The molecule has 3 heteroatoms. The molecule has 1 unspecified atom stereocenters. The summed E-state index contributed by atoms with van der Waals surface area (Å²) in [6.45, 7) is 11.1. The number of allylic oxidation sites excluding steroid dienone is 1. The molecule has 0 aromatic carbocycles. The molecule has 0 saturated heterocycles. The van der Waals surface area contributed by atoms with Crippen LogP contribution in [0.15, 0.2) is 11.6 Å². The molecule has 0 heterocycles. The number of carbonyl (C=O) groups is 1. The van der Waals surface area contributed by atoms with E-state index < -0.39 is 5.60 Å². The highest BCUT2D eigenvalue weighted by Gasteiger charge is 2.34. The minimum Gasteiger partial charge on any atom is -0.462 e. The number of rotatable bonds is 6. The van der Waals surface area contributed by atoms with Gasteiger partial charge in [0.05, 0.1) is 17.6 Å². The van der Waals surface area contributed by atoms with Gasteiger partial charge in [0.1, 0.15) is 6.61 Å². The molecule has 0 aromatic heterocycles. The largest absolute Gasteiger partial charge is 0.462 e. The summed E-state index contributed by atoms with van der Waals surface area (Å²) in [6.07, 6.45) is 7.84. The first-order valence-electron chi connectivity index (χ1n) is 8.22. The summed E-state index contributed by atoms with van der Waals surface area (Å²) in [5.41, 5.74) is 1.31. The fourth-order valence-electron chi connectivity index (χ4n) is 2.94. The van der Waals surface area contributed by atoms with Gasteiger partial charge in [-0.1, -0.05) is 19.9 Å². The van der Waals surface area contributed by atoms with Gasteiger partial charge in [0, 0.05) is 0 Å². The van der Waals surface area contributed by atoms with Crippen LogP contribution in [-0.2, 0) is 14.3 Å². The molecule has 0 aliphatic heterocycles. The van der Waals surface area contributed by atoms with Gasteiger partial charge in [-0.3, -0.25) is 4.79 Å². The van der Waals surface area contributed by atoms with Crippen molar-refractivity contribution in [1.82, 2.24) is 0 Å². The van der Waals surface area contributed by atoms with E-state index in [1.807, 2.05) is 13.8 Å². The van der Waals surface area contributed by atoms with Crippen molar-refractivity contribution < 1.29 is 14.3 Å². The zero-order chi connectivity index (χ0) is 15.7. The molecule has 120 valence electrons. The van der Waals surface area contributed by atoms with Crippen LogP contribution in [0.25, 0.3) is 0 Å². The lowest BCUT2D eigenvalue weighted by molar-refractivity contribution is -0.157. The minimum atomic E-state index is -0.438. The SMILES string of the molecule is CC(OC(C)(C)COC(=O)C1CC1)C1=CCCC(C)(C)C1. The number of hydrogen-bond donors (Lipinski definition) is 0. The molecule has 2 rings (SSSR count). The molecule has 1 fully saturated rings. The fraction of sp³-hybridized carbons (Fsp3) is 0.833. The van der Waals surface area contributed by atoms with Gasteiger partial charge in [-0.15, -0.1) is 0 Å². The first-order valence-corrected chi connectivity index (χ1v) is 8.22. The van der Waals surface area contributed by atoms with E-state index in [-0.39, 0.29) is 18.0 Å². The van der Waals surface area contributed by atoms with Crippen molar-refractivity contribution in [2.45, 2.75) is 78.4 Å². The minimum absolute atomic E-state index is 0.0580. The molecule has 0 bridgehead atoms. The smallest absolute Gasteiger partial charge is 0.309 e. The maximum atomic E-state index is 11.6. The molecule has 3 nitrogen and oxygen atoms in total. The van der Waals surface area contributed by atoms with E-state index in [2.05, 4.69) is 26.8 Å². The molecule has 0 spiro atoms. The normalized spacial score (nSPS) is 23.4. The molecule has 1 saturated carbocycles. The van der Waals surface area contributed by atoms with Crippen LogP contribution in [0, 0.1) is 11.3 Å².